The number of rotatable bonds is 4. The van der Waals surface area contributed by atoms with Crippen LogP contribution in [-0.4, -0.2) is 23.5 Å². The predicted molar refractivity (Wildman–Crippen MR) is 72.2 cm³/mol. The van der Waals surface area contributed by atoms with Gasteiger partial charge < -0.3 is 10.4 Å². The lowest BCUT2D eigenvalue weighted by molar-refractivity contribution is 0.0691. The highest BCUT2D eigenvalue weighted by atomic mass is 16.4. The summed E-state index contributed by atoms with van der Waals surface area (Å²) in [6.07, 6.45) is 8.12. The van der Waals surface area contributed by atoms with Crippen LogP contribution >= 0.6 is 0 Å². The van der Waals surface area contributed by atoms with Crippen LogP contribution in [0, 0.1) is 0 Å². The number of hydrogen-bond donors (Lipinski definition) is 2. The molecule has 0 saturated heterocycles. The van der Waals surface area contributed by atoms with E-state index in [1.165, 1.54) is 12.1 Å². The third-order valence-electron chi connectivity index (χ3n) is 2.93. The van der Waals surface area contributed by atoms with Gasteiger partial charge in [-0.05, 0) is 30.5 Å². The number of benzene rings is 1. The van der Waals surface area contributed by atoms with Crippen LogP contribution in [0.1, 0.15) is 33.6 Å². The number of carboxylic acid groups (broad SMARTS) is 1. The molecule has 98 valence electrons. The van der Waals surface area contributed by atoms with Crippen LogP contribution in [0.3, 0.4) is 0 Å². The van der Waals surface area contributed by atoms with E-state index in [0.29, 0.717) is 6.54 Å². The number of amides is 1. The summed E-state index contributed by atoms with van der Waals surface area (Å²) < 4.78 is 0. The summed E-state index contributed by atoms with van der Waals surface area (Å²) in [6, 6.07) is 6.20. The van der Waals surface area contributed by atoms with Gasteiger partial charge in [0.25, 0.3) is 5.91 Å². The topological polar surface area (TPSA) is 66.4 Å². The van der Waals surface area contributed by atoms with E-state index in [-0.39, 0.29) is 17.0 Å². The van der Waals surface area contributed by atoms with E-state index in [1.807, 2.05) is 6.08 Å². The predicted octanol–water partition coefficient (Wildman–Crippen LogP) is 2.39. The molecule has 0 aliphatic heterocycles. The second kappa shape index (κ2) is 6.00. The highest BCUT2D eigenvalue weighted by molar-refractivity contribution is 6.04. The number of nitrogens with one attached hydrogen (secondary N) is 1. The number of carboxylic acids is 1. The molecule has 0 radical (unpaired) electrons. The maximum absolute atomic E-state index is 12.0. The van der Waals surface area contributed by atoms with Gasteiger partial charge >= 0.3 is 5.97 Å². The van der Waals surface area contributed by atoms with Crippen molar-refractivity contribution in [1.29, 1.82) is 0 Å². The minimum atomic E-state index is -1.09. The number of allylic oxidation sites excluding steroid dienone is 2. The SMILES string of the molecule is O=C(O)c1ccccc1C(=O)NCC1=CCCC=C1. The molecule has 0 unspecified atom stereocenters. The molecule has 4 heteroatoms. The zero-order valence-electron chi connectivity index (χ0n) is 10.4. The molecule has 1 aliphatic carbocycles. The molecule has 0 aromatic heterocycles. The molecule has 0 atom stereocenters. The first-order chi connectivity index (χ1) is 9.18. The van der Waals surface area contributed by atoms with Gasteiger partial charge in [-0.15, -0.1) is 0 Å². The smallest absolute Gasteiger partial charge is 0.336 e. The van der Waals surface area contributed by atoms with Crippen molar-refractivity contribution in [2.24, 2.45) is 0 Å². The van der Waals surface area contributed by atoms with E-state index >= 15 is 0 Å². The maximum atomic E-state index is 12.0. The largest absolute Gasteiger partial charge is 0.478 e. The Morgan fingerprint density at radius 3 is 2.53 bits per heavy atom. The molecule has 0 spiro atoms. The summed E-state index contributed by atoms with van der Waals surface area (Å²) in [5.74, 6) is -1.46. The average molecular weight is 257 g/mol. The van der Waals surface area contributed by atoms with Gasteiger partial charge in [0, 0.05) is 6.54 Å². The van der Waals surface area contributed by atoms with E-state index in [1.54, 1.807) is 12.1 Å². The van der Waals surface area contributed by atoms with Gasteiger partial charge in [-0.25, -0.2) is 4.79 Å². The monoisotopic (exact) mass is 257 g/mol. The molecule has 2 N–H and O–H groups in total. The minimum absolute atomic E-state index is 0.0214. The summed E-state index contributed by atoms with van der Waals surface area (Å²) in [5, 5.41) is 11.8. The summed E-state index contributed by atoms with van der Waals surface area (Å²) in [7, 11) is 0. The summed E-state index contributed by atoms with van der Waals surface area (Å²) >= 11 is 0. The van der Waals surface area contributed by atoms with Crippen molar-refractivity contribution in [2.75, 3.05) is 6.54 Å². The van der Waals surface area contributed by atoms with Gasteiger partial charge in [0.05, 0.1) is 11.1 Å². The fraction of sp³-hybridized carbons (Fsp3) is 0.200. The summed E-state index contributed by atoms with van der Waals surface area (Å²) in [5.41, 5.74) is 1.26. The van der Waals surface area contributed by atoms with E-state index in [2.05, 4.69) is 17.5 Å². The Labute approximate surface area is 111 Å². The van der Waals surface area contributed by atoms with Gasteiger partial charge in [0.2, 0.25) is 0 Å². The van der Waals surface area contributed by atoms with E-state index in [9.17, 15) is 9.59 Å². The Bertz CT molecular complexity index is 558. The lowest BCUT2D eigenvalue weighted by Crippen LogP contribution is -2.27. The van der Waals surface area contributed by atoms with Crippen molar-refractivity contribution in [3.63, 3.8) is 0 Å². The molecular weight excluding hydrogens is 242 g/mol. The van der Waals surface area contributed by atoms with Crippen LogP contribution in [0.2, 0.25) is 0 Å². The number of hydrogen-bond acceptors (Lipinski definition) is 2. The zero-order valence-corrected chi connectivity index (χ0v) is 10.4. The van der Waals surface area contributed by atoms with Crippen LogP contribution in [0.15, 0.2) is 48.1 Å². The molecule has 0 heterocycles. The van der Waals surface area contributed by atoms with Crippen molar-refractivity contribution in [1.82, 2.24) is 5.32 Å². The second-order valence-corrected chi connectivity index (χ2v) is 4.29. The van der Waals surface area contributed by atoms with Crippen LogP contribution in [-0.2, 0) is 0 Å². The number of carbonyl (C=O) groups is 2. The Morgan fingerprint density at radius 2 is 1.89 bits per heavy atom. The van der Waals surface area contributed by atoms with Crippen LogP contribution in [0.25, 0.3) is 0 Å². The second-order valence-electron chi connectivity index (χ2n) is 4.29. The highest BCUT2D eigenvalue weighted by Crippen LogP contribution is 2.11. The Balaban J connectivity index is 2.06. The molecule has 0 bridgehead atoms. The Morgan fingerprint density at radius 1 is 1.16 bits per heavy atom. The molecule has 1 aromatic rings. The van der Waals surface area contributed by atoms with Crippen LogP contribution in [0.5, 0.6) is 0 Å². The fourth-order valence-electron chi connectivity index (χ4n) is 1.94. The quantitative estimate of drug-likeness (QED) is 0.870. The van der Waals surface area contributed by atoms with E-state index in [4.69, 9.17) is 5.11 Å². The lowest BCUT2D eigenvalue weighted by Gasteiger charge is -2.10. The Kier molecular flexibility index (Phi) is 4.13. The summed E-state index contributed by atoms with van der Waals surface area (Å²) in [6.45, 7) is 0.420. The van der Waals surface area contributed by atoms with Gasteiger partial charge in [-0.3, -0.25) is 4.79 Å². The minimum Gasteiger partial charge on any atom is -0.478 e. The molecule has 0 saturated carbocycles. The first kappa shape index (κ1) is 13.1. The number of carbonyl (C=O) groups excluding carboxylic acids is 1. The average Bonchev–Trinajstić information content (AvgIpc) is 2.46. The van der Waals surface area contributed by atoms with E-state index < -0.39 is 5.97 Å². The van der Waals surface area contributed by atoms with Crippen LogP contribution < -0.4 is 5.32 Å². The molecule has 1 amide bonds. The molecule has 19 heavy (non-hydrogen) atoms. The molecule has 2 rings (SSSR count). The third-order valence-corrected chi connectivity index (χ3v) is 2.93. The highest BCUT2D eigenvalue weighted by Gasteiger charge is 2.15. The van der Waals surface area contributed by atoms with Gasteiger partial charge in [-0.1, -0.05) is 30.4 Å². The van der Waals surface area contributed by atoms with Crippen molar-refractivity contribution >= 4 is 11.9 Å². The standard InChI is InChI=1S/C15H15NO3/c17-14(16-10-11-6-2-1-3-7-11)12-8-4-5-9-13(12)15(18)19/h2,4-9H,1,3,10H2,(H,16,17)(H,18,19). The lowest BCUT2D eigenvalue weighted by atomic mass is 10.1. The first-order valence-corrected chi connectivity index (χ1v) is 6.14. The maximum Gasteiger partial charge on any atom is 0.336 e. The van der Waals surface area contributed by atoms with Gasteiger partial charge in [0.15, 0.2) is 0 Å². The van der Waals surface area contributed by atoms with Crippen molar-refractivity contribution in [2.45, 2.75) is 12.8 Å². The Hall–Kier alpha value is -2.36. The third kappa shape index (κ3) is 3.31. The molecule has 0 fully saturated rings. The first-order valence-electron chi connectivity index (χ1n) is 6.14. The zero-order chi connectivity index (χ0) is 13.7. The van der Waals surface area contributed by atoms with E-state index in [0.717, 1.165) is 18.4 Å². The molecule has 1 aromatic carbocycles. The fourth-order valence-corrected chi connectivity index (χ4v) is 1.94. The van der Waals surface area contributed by atoms with Gasteiger partial charge in [-0.2, -0.15) is 0 Å². The van der Waals surface area contributed by atoms with Crippen LogP contribution in [0.4, 0.5) is 0 Å². The van der Waals surface area contributed by atoms with Crippen molar-refractivity contribution in [3.05, 3.63) is 59.2 Å². The molecule has 1 aliphatic rings. The number of aromatic carboxylic acids is 1. The molecule has 4 nitrogen and oxygen atoms in total. The van der Waals surface area contributed by atoms with Gasteiger partial charge in [0.1, 0.15) is 0 Å². The summed E-state index contributed by atoms with van der Waals surface area (Å²) in [4.78, 5) is 23.0. The van der Waals surface area contributed by atoms with Crippen molar-refractivity contribution in [3.8, 4) is 0 Å². The normalized spacial score (nSPS) is 13.8. The molecular formula is C15H15NO3. The van der Waals surface area contributed by atoms with Crippen molar-refractivity contribution < 1.29 is 14.7 Å².